The first-order chi connectivity index (χ1) is 12.9. The number of nitrogen functional groups attached to an aromatic ring is 1. The third kappa shape index (κ3) is 3.76. The molecule has 0 aliphatic rings. The van der Waals surface area contributed by atoms with Gasteiger partial charge in [-0.3, -0.25) is 0 Å². The van der Waals surface area contributed by atoms with E-state index in [-0.39, 0.29) is 22.0 Å². The summed E-state index contributed by atoms with van der Waals surface area (Å²) in [5.74, 6) is -0.907. The van der Waals surface area contributed by atoms with Gasteiger partial charge in [-0.05, 0) is 29.5 Å². The highest BCUT2D eigenvalue weighted by atomic mass is 35.5. The maximum atomic E-state index is 12.1. The zero-order valence-electron chi connectivity index (χ0n) is 14.3. The standard InChI is InChI=1S/C16H14ClN5O4S/c1-25-15(23)11-10(12(16(24)26-2)27-13(11)18)7-22-20-14(19-21-22)8-3-5-9(17)6-4-8/h3-6H,7,18H2,1-2H3. The third-order valence-electron chi connectivity index (χ3n) is 3.65. The molecule has 0 aliphatic carbocycles. The quantitative estimate of drug-likeness (QED) is 0.639. The zero-order chi connectivity index (χ0) is 19.6. The first kappa shape index (κ1) is 18.8. The number of tetrazole rings is 1. The fourth-order valence-electron chi connectivity index (χ4n) is 2.39. The van der Waals surface area contributed by atoms with Gasteiger partial charge in [-0.2, -0.15) is 4.80 Å². The lowest BCUT2D eigenvalue weighted by Gasteiger charge is -2.05. The number of nitrogens with zero attached hydrogens (tertiary/aromatic N) is 4. The average molecular weight is 408 g/mol. The van der Waals surface area contributed by atoms with Crippen molar-refractivity contribution < 1.29 is 19.1 Å². The van der Waals surface area contributed by atoms with Gasteiger partial charge in [0.05, 0.1) is 26.3 Å². The number of ether oxygens (including phenoxy) is 2. The second-order valence-electron chi connectivity index (χ2n) is 5.28. The van der Waals surface area contributed by atoms with Gasteiger partial charge >= 0.3 is 11.9 Å². The summed E-state index contributed by atoms with van der Waals surface area (Å²) in [5.41, 5.74) is 7.03. The number of anilines is 1. The maximum absolute atomic E-state index is 12.1. The summed E-state index contributed by atoms with van der Waals surface area (Å²) in [6.07, 6.45) is 0. The summed E-state index contributed by atoms with van der Waals surface area (Å²) in [7, 11) is 2.47. The molecule has 0 fully saturated rings. The minimum Gasteiger partial charge on any atom is -0.465 e. The van der Waals surface area contributed by atoms with E-state index in [1.54, 1.807) is 24.3 Å². The molecule has 2 aromatic heterocycles. The monoisotopic (exact) mass is 407 g/mol. The van der Waals surface area contributed by atoms with E-state index in [0.717, 1.165) is 16.9 Å². The highest BCUT2D eigenvalue weighted by molar-refractivity contribution is 7.18. The SMILES string of the molecule is COC(=O)c1sc(N)c(C(=O)OC)c1Cn1nnc(-c2ccc(Cl)cc2)n1. The number of hydrogen-bond acceptors (Lipinski definition) is 9. The molecule has 3 aromatic rings. The summed E-state index contributed by atoms with van der Waals surface area (Å²) >= 11 is 6.82. The first-order valence-corrected chi connectivity index (χ1v) is 8.75. The van der Waals surface area contributed by atoms with Gasteiger partial charge in [-0.15, -0.1) is 21.5 Å². The van der Waals surface area contributed by atoms with Crippen LogP contribution in [0, 0.1) is 0 Å². The molecule has 0 aliphatic heterocycles. The van der Waals surface area contributed by atoms with Crippen molar-refractivity contribution in [3.05, 3.63) is 45.3 Å². The predicted octanol–water partition coefficient (Wildman–Crippen LogP) is 2.26. The largest absolute Gasteiger partial charge is 0.465 e. The Labute approximate surface area is 162 Å². The van der Waals surface area contributed by atoms with Crippen LogP contribution in [0.5, 0.6) is 0 Å². The van der Waals surface area contributed by atoms with E-state index < -0.39 is 11.9 Å². The second kappa shape index (κ2) is 7.72. The summed E-state index contributed by atoms with van der Waals surface area (Å²) in [5, 5.41) is 13.0. The molecule has 2 N–H and O–H groups in total. The highest BCUT2D eigenvalue weighted by Crippen LogP contribution is 2.33. The van der Waals surface area contributed by atoms with Gasteiger partial charge < -0.3 is 15.2 Å². The van der Waals surface area contributed by atoms with Gasteiger partial charge in [-0.25, -0.2) is 9.59 Å². The van der Waals surface area contributed by atoms with E-state index in [1.807, 2.05) is 0 Å². The van der Waals surface area contributed by atoms with E-state index in [0.29, 0.717) is 16.4 Å². The molecule has 0 radical (unpaired) electrons. The molecule has 27 heavy (non-hydrogen) atoms. The fraction of sp³-hybridized carbons (Fsp3) is 0.188. The van der Waals surface area contributed by atoms with Crippen LogP contribution in [0.1, 0.15) is 25.6 Å². The Morgan fingerprint density at radius 2 is 1.85 bits per heavy atom. The van der Waals surface area contributed by atoms with Crippen molar-refractivity contribution in [2.75, 3.05) is 20.0 Å². The molecule has 0 saturated heterocycles. The second-order valence-corrected chi connectivity index (χ2v) is 6.77. The van der Waals surface area contributed by atoms with Crippen molar-refractivity contribution in [2.45, 2.75) is 6.54 Å². The number of thiophene rings is 1. The molecule has 0 atom stereocenters. The number of halogens is 1. The summed E-state index contributed by atoms with van der Waals surface area (Å²) in [6.45, 7) is -0.0108. The van der Waals surface area contributed by atoms with Crippen LogP contribution in [-0.2, 0) is 16.0 Å². The minimum atomic E-state index is -0.660. The molecule has 3 rings (SSSR count). The van der Waals surface area contributed by atoms with Crippen molar-refractivity contribution in [1.29, 1.82) is 0 Å². The Morgan fingerprint density at radius 1 is 1.19 bits per heavy atom. The Kier molecular flexibility index (Phi) is 5.38. The average Bonchev–Trinajstić information content (AvgIpc) is 3.26. The normalized spacial score (nSPS) is 10.6. The number of benzene rings is 1. The van der Waals surface area contributed by atoms with Gasteiger partial charge in [0.1, 0.15) is 9.88 Å². The van der Waals surface area contributed by atoms with Crippen LogP contribution in [0.4, 0.5) is 5.00 Å². The van der Waals surface area contributed by atoms with Crippen LogP contribution in [-0.4, -0.2) is 46.4 Å². The molecule has 9 nitrogen and oxygen atoms in total. The molecule has 1 aromatic carbocycles. The van der Waals surface area contributed by atoms with Gasteiger partial charge in [0.25, 0.3) is 0 Å². The lowest BCUT2D eigenvalue weighted by molar-refractivity contribution is 0.0601. The van der Waals surface area contributed by atoms with Crippen LogP contribution >= 0.6 is 22.9 Å². The number of hydrogen-bond donors (Lipinski definition) is 1. The molecule has 140 valence electrons. The van der Waals surface area contributed by atoms with Crippen LogP contribution in [0.25, 0.3) is 11.4 Å². The molecule has 0 bridgehead atoms. The molecule has 0 amide bonds. The van der Waals surface area contributed by atoms with Gasteiger partial charge in [0, 0.05) is 16.1 Å². The Hall–Kier alpha value is -2.98. The van der Waals surface area contributed by atoms with Crippen molar-refractivity contribution in [2.24, 2.45) is 0 Å². The Balaban J connectivity index is 1.98. The van der Waals surface area contributed by atoms with Gasteiger partial charge in [0.15, 0.2) is 0 Å². The van der Waals surface area contributed by atoms with E-state index in [2.05, 4.69) is 15.4 Å². The van der Waals surface area contributed by atoms with Crippen molar-refractivity contribution in [3.63, 3.8) is 0 Å². The predicted molar refractivity (Wildman–Crippen MR) is 98.8 cm³/mol. The summed E-state index contributed by atoms with van der Waals surface area (Å²) < 4.78 is 9.53. The van der Waals surface area contributed by atoms with E-state index in [4.69, 9.17) is 26.8 Å². The number of aromatic nitrogens is 4. The molecule has 0 unspecified atom stereocenters. The lowest BCUT2D eigenvalue weighted by atomic mass is 10.1. The number of esters is 2. The number of rotatable bonds is 5. The minimum absolute atomic E-state index is 0.0108. The van der Waals surface area contributed by atoms with Crippen LogP contribution in [0.15, 0.2) is 24.3 Å². The Bertz CT molecular complexity index is 999. The first-order valence-electron chi connectivity index (χ1n) is 7.56. The molecule has 2 heterocycles. The highest BCUT2D eigenvalue weighted by Gasteiger charge is 2.28. The van der Waals surface area contributed by atoms with Gasteiger partial charge in [0.2, 0.25) is 5.82 Å². The molecule has 11 heteroatoms. The number of nitrogens with two attached hydrogens (primary N) is 1. The number of carbonyl (C=O) groups is 2. The lowest BCUT2D eigenvalue weighted by Crippen LogP contribution is -2.13. The third-order valence-corrected chi connectivity index (χ3v) is 4.94. The number of carbonyl (C=O) groups excluding carboxylic acids is 2. The topological polar surface area (TPSA) is 122 Å². The van der Waals surface area contributed by atoms with Crippen LogP contribution < -0.4 is 5.73 Å². The molecular weight excluding hydrogens is 394 g/mol. The van der Waals surface area contributed by atoms with Crippen molar-refractivity contribution >= 4 is 39.9 Å². The zero-order valence-corrected chi connectivity index (χ0v) is 15.9. The number of methoxy groups -OCH3 is 2. The van der Waals surface area contributed by atoms with E-state index in [9.17, 15) is 9.59 Å². The molecule has 0 spiro atoms. The van der Waals surface area contributed by atoms with E-state index in [1.165, 1.54) is 19.0 Å². The Morgan fingerprint density at radius 3 is 2.48 bits per heavy atom. The fourth-order valence-corrected chi connectivity index (χ4v) is 3.50. The smallest absolute Gasteiger partial charge is 0.348 e. The van der Waals surface area contributed by atoms with Crippen LogP contribution in [0.3, 0.4) is 0 Å². The molecule has 0 saturated carbocycles. The summed E-state index contributed by atoms with van der Waals surface area (Å²) in [4.78, 5) is 25.6. The van der Waals surface area contributed by atoms with Crippen molar-refractivity contribution in [1.82, 2.24) is 20.2 Å². The van der Waals surface area contributed by atoms with Crippen LogP contribution in [0.2, 0.25) is 5.02 Å². The van der Waals surface area contributed by atoms with Gasteiger partial charge in [-0.1, -0.05) is 11.6 Å². The molecular formula is C16H14ClN5O4S. The summed E-state index contributed by atoms with van der Waals surface area (Å²) in [6, 6.07) is 6.93. The maximum Gasteiger partial charge on any atom is 0.348 e. The van der Waals surface area contributed by atoms with E-state index >= 15 is 0 Å². The van der Waals surface area contributed by atoms with Crippen molar-refractivity contribution in [3.8, 4) is 11.4 Å².